The molecule has 0 unspecified atom stereocenters. The normalized spacial score (nSPS) is 10.8. The topological polar surface area (TPSA) is 323 Å². The van der Waals surface area contributed by atoms with Crippen molar-refractivity contribution in [3.8, 4) is 0 Å². The molecule has 0 atom stereocenters. The second-order valence-corrected chi connectivity index (χ2v) is 16.3. The molecule has 26 heteroatoms. The minimum atomic E-state index is -0.301. The Kier molecular flexibility index (Phi) is 37.2. The first-order chi connectivity index (χ1) is 37.0. The van der Waals surface area contributed by atoms with Crippen molar-refractivity contribution in [3.63, 3.8) is 0 Å². The maximum absolute atomic E-state index is 13.0. The van der Waals surface area contributed by atoms with E-state index < -0.39 is 0 Å². The third kappa shape index (κ3) is 33.8. The van der Waals surface area contributed by atoms with Crippen LogP contribution in [0.4, 0.5) is 11.9 Å². The van der Waals surface area contributed by atoms with Gasteiger partial charge in [-0.3, -0.25) is 33.8 Å². The van der Waals surface area contributed by atoms with E-state index in [0.29, 0.717) is 140 Å². The number of aromatic nitrogens is 4. The number of ether oxygens (including phenoxy) is 5. The zero-order valence-corrected chi connectivity index (χ0v) is 44.2. The van der Waals surface area contributed by atoms with Crippen LogP contribution in [0.2, 0.25) is 0 Å². The number of nitrogens with one attached hydrogen (secondary N) is 7. The number of likely N-dealkylation sites (N-methyl/N-ethyl adjacent to an activating group) is 1. The summed E-state index contributed by atoms with van der Waals surface area (Å²) in [6, 6.07) is 3.53. The van der Waals surface area contributed by atoms with Gasteiger partial charge in [-0.25, -0.2) is 19.9 Å². The highest BCUT2D eigenvalue weighted by atomic mass is 16.5. The molecule has 76 heavy (non-hydrogen) atoms. The van der Waals surface area contributed by atoms with Crippen LogP contribution in [0.1, 0.15) is 55.4 Å². The van der Waals surface area contributed by atoms with E-state index in [2.05, 4.69) is 93.5 Å². The molecule has 26 nitrogen and oxygen atoms in total. The quantitative estimate of drug-likeness (QED) is 0.0214. The van der Waals surface area contributed by atoms with Crippen molar-refractivity contribution in [1.82, 2.24) is 56.3 Å². The van der Waals surface area contributed by atoms with Crippen LogP contribution in [0.15, 0.2) is 43.6 Å². The van der Waals surface area contributed by atoms with Gasteiger partial charge >= 0.3 is 0 Å². The molecule has 2 aromatic heterocycles. The third-order valence-corrected chi connectivity index (χ3v) is 10.4. The lowest BCUT2D eigenvalue weighted by Gasteiger charge is -2.22. The Labute approximate surface area is 446 Å². The second-order valence-electron chi connectivity index (χ2n) is 16.3. The average molecular weight is 1070 g/mol. The Morgan fingerprint density at radius 1 is 0.526 bits per heavy atom. The lowest BCUT2D eigenvalue weighted by atomic mass is 10.3. The van der Waals surface area contributed by atoms with E-state index in [-0.39, 0.29) is 108 Å². The van der Waals surface area contributed by atoms with Gasteiger partial charge in [0.25, 0.3) is 0 Å². The van der Waals surface area contributed by atoms with Crippen molar-refractivity contribution < 1.29 is 47.7 Å². The lowest BCUT2D eigenvalue weighted by Crippen LogP contribution is -2.44. The van der Waals surface area contributed by atoms with E-state index in [1.165, 1.54) is 0 Å². The highest BCUT2D eigenvalue weighted by Gasteiger charge is 2.14. The second kappa shape index (κ2) is 43.4. The molecule has 0 aliphatic rings. The lowest BCUT2D eigenvalue weighted by molar-refractivity contribution is -0.126. The van der Waals surface area contributed by atoms with Gasteiger partial charge in [-0.2, -0.15) is 0 Å². The van der Waals surface area contributed by atoms with Crippen LogP contribution in [0.5, 0.6) is 0 Å². The molecule has 0 aliphatic heterocycles. The summed E-state index contributed by atoms with van der Waals surface area (Å²) in [7, 11) is 0. The Morgan fingerprint density at radius 2 is 0.908 bits per heavy atom. The molecule has 2 aromatic rings. The first kappa shape index (κ1) is 65.2. The molecular formula is C50H80N16O10. The first-order valence-corrected chi connectivity index (χ1v) is 25.5. The minimum Gasteiger partial charge on any atom is -0.379 e. The van der Waals surface area contributed by atoms with Crippen molar-refractivity contribution in [2.75, 3.05) is 168 Å². The van der Waals surface area contributed by atoms with E-state index in [1.807, 2.05) is 16.7 Å². The predicted octanol–water partition coefficient (Wildman–Crippen LogP) is 1.52. The summed E-state index contributed by atoms with van der Waals surface area (Å²) in [5, 5.41) is 23.9. The summed E-state index contributed by atoms with van der Waals surface area (Å²) in [6.07, 6.45) is 8.05. The molecule has 0 bridgehead atoms. The Balaban J connectivity index is 1.64. The Morgan fingerprint density at radius 3 is 1.34 bits per heavy atom. The maximum atomic E-state index is 13.0. The van der Waals surface area contributed by atoms with E-state index in [9.17, 15) is 24.0 Å². The SMILES string of the molecule is C=Cc1cc(C=C)nc(NCCCC(=O)NCCN(CCNC(=O)CCCNc2nc(C=C)cc(C=C)n2)CC(=O)NCCOCCOCC(=O)NCCN(CC)CC(=O)NCCOCCOCCOCCN=[N+]=[N-])n1. The molecule has 7 N–H and O–H groups in total. The van der Waals surface area contributed by atoms with Crippen molar-refractivity contribution in [1.29, 1.82) is 0 Å². The predicted molar refractivity (Wildman–Crippen MR) is 292 cm³/mol. The van der Waals surface area contributed by atoms with E-state index in [0.717, 1.165) is 0 Å². The van der Waals surface area contributed by atoms with Gasteiger partial charge in [0.15, 0.2) is 0 Å². The fourth-order valence-electron chi connectivity index (χ4n) is 6.47. The van der Waals surface area contributed by atoms with Crippen molar-refractivity contribution >= 4 is 65.7 Å². The fraction of sp³-hybridized carbons (Fsp3) is 0.580. The monoisotopic (exact) mass is 1060 g/mol. The maximum Gasteiger partial charge on any atom is 0.246 e. The summed E-state index contributed by atoms with van der Waals surface area (Å²) in [5.74, 6) is -0.178. The zero-order chi connectivity index (χ0) is 55.3. The molecule has 2 heterocycles. The van der Waals surface area contributed by atoms with E-state index >= 15 is 0 Å². The van der Waals surface area contributed by atoms with Gasteiger partial charge in [-0.05, 0) is 61.4 Å². The molecular weight excluding hydrogens is 985 g/mol. The largest absolute Gasteiger partial charge is 0.379 e. The van der Waals surface area contributed by atoms with Crippen molar-refractivity contribution in [2.24, 2.45) is 5.11 Å². The van der Waals surface area contributed by atoms with Gasteiger partial charge in [0.05, 0.1) is 95.3 Å². The Bertz CT molecular complexity index is 1970. The molecule has 5 amide bonds. The van der Waals surface area contributed by atoms with Crippen LogP contribution in [0.3, 0.4) is 0 Å². The van der Waals surface area contributed by atoms with Crippen molar-refractivity contribution in [2.45, 2.75) is 32.6 Å². The van der Waals surface area contributed by atoms with Gasteiger partial charge in [0.1, 0.15) is 6.61 Å². The van der Waals surface area contributed by atoms with Gasteiger partial charge in [0, 0.05) is 89.7 Å². The van der Waals surface area contributed by atoms with Crippen LogP contribution in [0, 0.1) is 0 Å². The van der Waals surface area contributed by atoms with Crippen LogP contribution < -0.4 is 37.2 Å². The number of rotatable bonds is 48. The fourth-order valence-corrected chi connectivity index (χ4v) is 6.47. The molecule has 0 aliphatic carbocycles. The summed E-state index contributed by atoms with van der Waals surface area (Å²) in [4.78, 5) is 86.9. The Hall–Kier alpha value is -6.90. The summed E-state index contributed by atoms with van der Waals surface area (Å²) in [6.45, 7) is 24.3. The minimum absolute atomic E-state index is 0.0173. The zero-order valence-electron chi connectivity index (χ0n) is 44.2. The molecule has 2 rings (SSSR count). The number of azide groups is 1. The van der Waals surface area contributed by atoms with Gasteiger partial charge in [-0.1, -0.05) is 38.4 Å². The summed E-state index contributed by atoms with van der Waals surface area (Å²) in [5.41, 5.74) is 10.8. The molecule has 0 saturated heterocycles. The first-order valence-electron chi connectivity index (χ1n) is 25.5. The molecule has 420 valence electrons. The average Bonchev–Trinajstić information content (AvgIpc) is 3.42. The molecule has 0 saturated carbocycles. The summed E-state index contributed by atoms with van der Waals surface area (Å²) >= 11 is 0. The number of carbonyl (C=O) groups excluding carboxylic acids is 5. The van der Waals surface area contributed by atoms with Crippen molar-refractivity contribution in [3.05, 3.63) is 71.7 Å². The number of nitrogens with zero attached hydrogens (tertiary/aromatic N) is 9. The summed E-state index contributed by atoms with van der Waals surface area (Å²) < 4.78 is 27.1. The molecule has 0 aromatic carbocycles. The van der Waals surface area contributed by atoms with E-state index in [1.54, 1.807) is 36.4 Å². The van der Waals surface area contributed by atoms with Crippen LogP contribution in [-0.2, 0) is 47.7 Å². The van der Waals surface area contributed by atoms with Crippen LogP contribution >= 0.6 is 0 Å². The van der Waals surface area contributed by atoms with Gasteiger partial charge < -0.3 is 60.9 Å². The molecule has 0 fully saturated rings. The number of carbonyl (C=O) groups is 5. The number of anilines is 2. The number of hydrogen-bond donors (Lipinski definition) is 7. The van der Waals surface area contributed by atoms with Gasteiger partial charge in [0.2, 0.25) is 41.4 Å². The molecule has 0 radical (unpaired) electrons. The highest BCUT2D eigenvalue weighted by Crippen LogP contribution is 2.09. The van der Waals surface area contributed by atoms with Crippen LogP contribution in [0.25, 0.3) is 34.7 Å². The number of hydrogen-bond acceptors (Lipinski definition) is 19. The van der Waals surface area contributed by atoms with Gasteiger partial charge in [-0.15, -0.1) is 0 Å². The standard InChI is InChI=1S/C50H80N16O10/c1-6-40-35-41(7-2)61-49(60-40)57-15-11-13-44(67)52-18-24-66(25-19-53-45(68)14-12-16-58-50-62-42(8-3)36-43(9-4)63-50)38-47(70)56-21-27-73-33-34-76-39-48(71)54-17-23-65(10-5)37-46(69)55-20-26-72-29-31-75-32-30-74-28-22-59-64-51/h6-9,35-36H,1-4,10-34,37-39H2,5H3,(H,52,67)(H,53,68)(H,54,71)(H,55,69)(H,56,70)(H,57,60,61)(H,58,62,63). The third-order valence-electron chi connectivity index (χ3n) is 10.4. The van der Waals surface area contributed by atoms with Crippen LogP contribution in [-0.4, -0.2) is 217 Å². The smallest absolute Gasteiger partial charge is 0.246 e. The molecule has 0 spiro atoms. The number of amides is 5. The van der Waals surface area contributed by atoms with E-state index in [4.69, 9.17) is 29.2 Å². The highest BCUT2D eigenvalue weighted by molar-refractivity contribution is 5.79.